The van der Waals surface area contributed by atoms with Crippen LogP contribution in [0.3, 0.4) is 0 Å². The van der Waals surface area contributed by atoms with E-state index in [1.807, 2.05) is 36.9 Å². The summed E-state index contributed by atoms with van der Waals surface area (Å²) in [6.07, 6.45) is 1.82. The lowest BCUT2D eigenvalue weighted by Crippen LogP contribution is -2.23. The van der Waals surface area contributed by atoms with Crippen molar-refractivity contribution in [2.24, 2.45) is 0 Å². The fraction of sp³-hybridized carbons (Fsp3) is 0.389. The molecule has 3 aromatic rings. The van der Waals surface area contributed by atoms with Gasteiger partial charge in [-0.25, -0.2) is 9.67 Å². The zero-order valence-corrected chi connectivity index (χ0v) is 15.1. The Morgan fingerprint density at radius 1 is 1.28 bits per heavy atom. The average molecular weight is 340 g/mol. The maximum atomic E-state index is 12.1. The predicted molar refractivity (Wildman–Crippen MR) is 99.4 cm³/mol. The monoisotopic (exact) mass is 340 g/mol. The van der Waals surface area contributed by atoms with Crippen LogP contribution in [-0.4, -0.2) is 19.7 Å². The third-order valence-electron chi connectivity index (χ3n) is 4.27. The molecule has 0 radical (unpaired) electrons. The van der Waals surface area contributed by atoms with Gasteiger partial charge >= 0.3 is 0 Å². The van der Waals surface area contributed by atoms with Crippen molar-refractivity contribution in [3.63, 3.8) is 0 Å². The van der Waals surface area contributed by atoms with Crippen LogP contribution in [0.4, 0.5) is 5.82 Å². The summed E-state index contributed by atoms with van der Waals surface area (Å²) < 4.78 is 1.87. The number of rotatable bonds is 5. The van der Waals surface area contributed by atoms with Crippen molar-refractivity contribution in [3.05, 3.63) is 51.1 Å². The van der Waals surface area contributed by atoms with Gasteiger partial charge in [0.2, 0.25) is 0 Å². The fourth-order valence-electron chi connectivity index (χ4n) is 3.05. The van der Waals surface area contributed by atoms with Gasteiger partial charge in [-0.2, -0.15) is 5.10 Å². The molecular formula is C18H24N6O. The number of aryl methyl sites for hydroxylation is 2. The zero-order valence-electron chi connectivity index (χ0n) is 15.1. The van der Waals surface area contributed by atoms with Crippen molar-refractivity contribution in [1.29, 1.82) is 0 Å². The van der Waals surface area contributed by atoms with Gasteiger partial charge in [0.05, 0.1) is 6.20 Å². The molecule has 0 saturated carbocycles. The molecule has 0 unspecified atom stereocenters. The lowest BCUT2D eigenvalue weighted by atomic mass is 10.1. The quantitative estimate of drug-likeness (QED) is 0.661. The zero-order chi connectivity index (χ0) is 18.1. The van der Waals surface area contributed by atoms with E-state index in [-0.39, 0.29) is 11.6 Å². The summed E-state index contributed by atoms with van der Waals surface area (Å²) in [6.45, 7) is 9.02. The number of pyridine rings is 2. The molecular weight excluding hydrogens is 316 g/mol. The Labute approximate surface area is 146 Å². The first-order valence-electron chi connectivity index (χ1n) is 8.39. The highest BCUT2D eigenvalue weighted by atomic mass is 16.1. The van der Waals surface area contributed by atoms with Crippen molar-refractivity contribution in [1.82, 2.24) is 25.1 Å². The van der Waals surface area contributed by atoms with Gasteiger partial charge in [0.25, 0.3) is 5.56 Å². The summed E-state index contributed by atoms with van der Waals surface area (Å²) in [6, 6.07) is 4.04. The fourth-order valence-corrected chi connectivity index (χ4v) is 3.05. The Morgan fingerprint density at radius 2 is 2.04 bits per heavy atom. The molecule has 0 atom stereocenters. The summed E-state index contributed by atoms with van der Waals surface area (Å²) in [5, 5.41) is 8.73. The SMILES string of the molecule is Cc1cc(C)c(CNCc2cc(N)nc3c2cnn3C(C)C)c(=O)[nH]1. The molecule has 132 valence electrons. The van der Waals surface area contributed by atoms with Crippen molar-refractivity contribution in [2.75, 3.05) is 5.73 Å². The number of nitrogens with one attached hydrogen (secondary N) is 2. The highest BCUT2D eigenvalue weighted by Gasteiger charge is 2.12. The van der Waals surface area contributed by atoms with E-state index in [9.17, 15) is 4.79 Å². The Kier molecular flexibility index (Phi) is 4.59. The largest absolute Gasteiger partial charge is 0.384 e. The molecule has 0 fully saturated rings. The van der Waals surface area contributed by atoms with Crippen LogP contribution >= 0.6 is 0 Å². The van der Waals surface area contributed by atoms with E-state index < -0.39 is 0 Å². The summed E-state index contributed by atoms with van der Waals surface area (Å²) in [5.74, 6) is 0.469. The van der Waals surface area contributed by atoms with E-state index >= 15 is 0 Å². The minimum absolute atomic E-state index is 0.0444. The number of H-pyrrole nitrogens is 1. The van der Waals surface area contributed by atoms with Crippen LogP contribution in [-0.2, 0) is 13.1 Å². The van der Waals surface area contributed by atoms with Crippen LogP contribution in [0.1, 0.15) is 42.3 Å². The predicted octanol–water partition coefficient (Wildman–Crippen LogP) is 2.19. The number of nitrogens with zero attached hydrogens (tertiary/aromatic N) is 3. The van der Waals surface area contributed by atoms with Gasteiger partial charge in [-0.15, -0.1) is 0 Å². The molecule has 0 aliphatic heterocycles. The number of hydrogen-bond donors (Lipinski definition) is 3. The molecule has 0 spiro atoms. The summed E-state index contributed by atoms with van der Waals surface area (Å²) >= 11 is 0. The maximum absolute atomic E-state index is 12.1. The van der Waals surface area contributed by atoms with E-state index in [4.69, 9.17) is 5.73 Å². The summed E-state index contributed by atoms with van der Waals surface area (Å²) in [4.78, 5) is 19.4. The first-order valence-corrected chi connectivity index (χ1v) is 8.39. The van der Waals surface area contributed by atoms with Gasteiger partial charge in [0, 0.05) is 35.8 Å². The Hall–Kier alpha value is -2.67. The molecule has 7 heteroatoms. The van der Waals surface area contributed by atoms with Crippen LogP contribution in [0.25, 0.3) is 11.0 Å². The molecule has 0 aromatic carbocycles. The highest BCUT2D eigenvalue weighted by Crippen LogP contribution is 2.22. The van der Waals surface area contributed by atoms with Gasteiger partial charge in [0.15, 0.2) is 5.65 Å². The van der Waals surface area contributed by atoms with E-state index in [0.29, 0.717) is 18.9 Å². The van der Waals surface area contributed by atoms with Gasteiger partial charge < -0.3 is 16.0 Å². The number of anilines is 1. The normalized spacial score (nSPS) is 11.6. The highest BCUT2D eigenvalue weighted by molar-refractivity contribution is 5.80. The second-order valence-corrected chi connectivity index (χ2v) is 6.67. The Morgan fingerprint density at radius 3 is 2.72 bits per heavy atom. The first kappa shape index (κ1) is 17.2. The van der Waals surface area contributed by atoms with Crippen LogP contribution in [0.15, 0.2) is 23.1 Å². The van der Waals surface area contributed by atoms with Crippen LogP contribution in [0.5, 0.6) is 0 Å². The number of fused-ring (bicyclic) bond motifs is 1. The van der Waals surface area contributed by atoms with E-state index in [2.05, 4.69) is 34.2 Å². The topological polar surface area (TPSA) is 102 Å². The molecule has 3 rings (SSSR count). The van der Waals surface area contributed by atoms with Crippen LogP contribution < -0.4 is 16.6 Å². The van der Waals surface area contributed by atoms with Gasteiger partial charge in [-0.05, 0) is 51.0 Å². The van der Waals surface area contributed by atoms with E-state index in [1.54, 1.807) is 0 Å². The molecule has 3 aromatic heterocycles. The van der Waals surface area contributed by atoms with E-state index in [1.165, 1.54) is 0 Å². The maximum Gasteiger partial charge on any atom is 0.252 e. The van der Waals surface area contributed by atoms with Crippen molar-refractivity contribution >= 4 is 16.9 Å². The molecule has 3 heterocycles. The standard InChI is InChI=1S/C18H24N6O/c1-10(2)24-17-15(9-21-24)13(6-16(19)23-17)7-20-8-14-11(3)5-12(4)22-18(14)25/h5-6,9-10,20H,7-8H2,1-4H3,(H2,19,23)(H,22,25). The molecule has 7 nitrogen and oxygen atoms in total. The van der Waals surface area contributed by atoms with Crippen molar-refractivity contribution < 1.29 is 0 Å². The Balaban J connectivity index is 1.84. The second kappa shape index (κ2) is 6.68. The number of aromatic nitrogens is 4. The third kappa shape index (κ3) is 3.41. The molecule has 0 saturated heterocycles. The molecule has 0 aliphatic rings. The van der Waals surface area contributed by atoms with Gasteiger partial charge in [-0.3, -0.25) is 4.79 Å². The minimum Gasteiger partial charge on any atom is -0.384 e. The minimum atomic E-state index is -0.0444. The number of nitrogen functional groups attached to an aromatic ring is 1. The number of hydrogen-bond acceptors (Lipinski definition) is 5. The summed E-state index contributed by atoms with van der Waals surface area (Å²) in [5.41, 5.74) is 10.3. The van der Waals surface area contributed by atoms with Crippen molar-refractivity contribution in [3.8, 4) is 0 Å². The van der Waals surface area contributed by atoms with Crippen LogP contribution in [0, 0.1) is 13.8 Å². The number of aromatic amines is 1. The lowest BCUT2D eigenvalue weighted by molar-refractivity contribution is 0.546. The van der Waals surface area contributed by atoms with Crippen molar-refractivity contribution in [2.45, 2.75) is 46.8 Å². The molecule has 4 N–H and O–H groups in total. The molecule has 25 heavy (non-hydrogen) atoms. The second-order valence-electron chi connectivity index (χ2n) is 6.67. The average Bonchev–Trinajstić information content (AvgIpc) is 2.93. The number of nitrogens with two attached hydrogens (primary N) is 1. The third-order valence-corrected chi connectivity index (χ3v) is 4.27. The van der Waals surface area contributed by atoms with Gasteiger partial charge in [0.1, 0.15) is 5.82 Å². The Bertz CT molecular complexity index is 970. The lowest BCUT2D eigenvalue weighted by Gasteiger charge is -2.10. The van der Waals surface area contributed by atoms with Crippen LogP contribution in [0.2, 0.25) is 0 Å². The first-order chi connectivity index (χ1) is 11.9. The summed E-state index contributed by atoms with van der Waals surface area (Å²) in [7, 11) is 0. The van der Waals surface area contributed by atoms with Gasteiger partial charge in [-0.1, -0.05) is 0 Å². The smallest absolute Gasteiger partial charge is 0.252 e. The molecule has 0 aliphatic carbocycles. The molecule has 0 bridgehead atoms. The van der Waals surface area contributed by atoms with E-state index in [0.717, 1.165) is 33.4 Å². The molecule has 0 amide bonds.